The van der Waals surface area contributed by atoms with Crippen LogP contribution in [0.3, 0.4) is 0 Å². The Morgan fingerprint density at radius 2 is 2.10 bits per heavy atom. The van der Waals surface area contributed by atoms with E-state index in [0.717, 1.165) is 5.69 Å². The zero-order chi connectivity index (χ0) is 14.5. The molecule has 1 aromatic heterocycles. The average Bonchev–Trinajstić information content (AvgIpc) is 2.89. The Kier molecular flexibility index (Phi) is 4.37. The van der Waals surface area contributed by atoms with Crippen LogP contribution in [0.4, 0.5) is 0 Å². The van der Waals surface area contributed by atoms with Gasteiger partial charge in [-0.05, 0) is 19.1 Å². The second-order valence-electron chi connectivity index (χ2n) is 4.27. The first-order valence-corrected chi connectivity index (χ1v) is 6.15. The molecule has 1 aromatic carbocycles. The van der Waals surface area contributed by atoms with Crippen molar-refractivity contribution in [3.05, 3.63) is 42.1 Å². The molecule has 0 saturated carbocycles. The van der Waals surface area contributed by atoms with Gasteiger partial charge in [0.25, 0.3) is 0 Å². The summed E-state index contributed by atoms with van der Waals surface area (Å²) in [5, 5.41) is 13.3. The molecule has 1 N–H and O–H groups in total. The van der Waals surface area contributed by atoms with Crippen LogP contribution in [0, 0.1) is 0 Å². The first-order chi connectivity index (χ1) is 9.63. The van der Waals surface area contributed by atoms with Crippen molar-refractivity contribution in [2.24, 2.45) is 0 Å². The molecular formula is C14H16N2O4. The Bertz CT molecular complexity index is 580. The molecule has 0 aliphatic rings. The lowest BCUT2D eigenvalue weighted by Crippen LogP contribution is -2.18. The van der Waals surface area contributed by atoms with Gasteiger partial charge in [-0.1, -0.05) is 18.2 Å². The number of rotatable bonds is 6. The lowest BCUT2D eigenvalue weighted by atomic mass is 10.3. The van der Waals surface area contributed by atoms with Crippen molar-refractivity contribution in [2.45, 2.75) is 13.0 Å². The molecule has 0 aliphatic heterocycles. The summed E-state index contributed by atoms with van der Waals surface area (Å²) in [6.07, 6.45) is 1.14. The normalized spacial score (nSPS) is 12.1. The molecule has 1 heterocycles. The maximum Gasteiger partial charge on any atom is 0.342 e. The average molecular weight is 276 g/mol. The maximum atomic E-state index is 11.2. The van der Waals surface area contributed by atoms with Gasteiger partial charge >= 0.3 is 5.97 Å². The maximum absolute atomic E-state index is 11.2. The number of nitrogens with zero attached hydrogens (tertiary/aromatic N) is 2. The molecule has 0 aliphatic carbocycles. The molecule has 2 aromatic rings. The fraction of sp³-hybridized carbons (Fsp3) is 0.286. The number of carboxylic acids is 1. The third-order valence-corrected chi connectivity index (χ3v) is 2.81. The molecule has 0 spiro atoms. The predicted molar refractivity (Wildman–Crippen MR) is 72.5 cm³/mol. The molecule has 1 atom stereocenters. The number of ether oxygens (including phenoxy) is 2. The van der Waals surface area contributed by atoms with Gasteiger partial charge in [0.1, 0.15) is 12.2 Å². The lowest BCUT2D eigenvalue weighted by Gasteiger charge is -2.13. The molecule has 0 fully saturated rings. The molecule has 1 unspecified atom stereocenters. The third-order valence-electron chi connectivity index (χ3n) is 2.81. The van der Waals surface area contributed by atoms with Crippen LogP contribution in [0.15, 0.2) is 36.5 Å². The topological polar surface area (TPSA) is 73.6 Å². The summed E-state index contributed by atoms with van der Waals surface area (Å²) < 4.78 is 12.1. The smallest absolute Gasteiger partial charge is 0.342 e. The lowest BCUT2D eigenvalue weighted by molar-refractivity contribution is 0.0632. The number of hydrogen-bond donors (Lipinski definition) is 1. The third kappa shape index (κ3) is 2.97. The molecule has 0 amide bonds. The van der Waals surface area contributed by atoms with Crippen LogP contribution in [0.1, 0.15) is 17.3 Å². The highest BCUT2D eigenvalue weighted by Crippen LogP contribution is 2.23. The summed E-state index contributed by atoms with van der Waals surface area (Å²) >= 11 is 0. The number of methoxy groups -OCH3 is 1. The largest absolute Gasteiger partial charge is 0.477 e. The van der Waals surface area contributed by atoms with Gasteiger partial charge < -0.3 is 14.6 Å². The summed E-state index contributed by atoms with van der Waals surface area (Å²) in [7, 11) is 1.57. The molecule has 0 saturated heterocycles. The number of carboxylic acid groups (broad SMARTS) is 1. The van der Waals surface area contributed by atoms with Gasteiger partial charge in [-0.2, -0.15) is 5.10 Å². The Balaban J connectivity index is 2.35. The molecule has 0 radical (unpaired) electrons. The van der Waals surface area contributed by atoms with Crippen LogP contribution in [0.5, 0.6) is 5.88 Å². The van der Waals surface area contributed by atoms with E-state index in [1.165, 1.54) is 10.9 Å². The zero-order valence-electron chi connectivity index (χ0n) is 11.3. The van der Waals surface area contributed by atoms with Crippen molar-refractivity contribution >= 4 is 5.97 Å². The van der Waals surface area contributed by atoms with E-state index in [1.54, 1.807) is 7.11 Å². The molecule has 6 heteroatoms. The molecule has 0 bridgehead atoms. The van der Waals surface area contributed by atoms with Gasteiger partial charge in [0.05, 0.1) is 18.0 Å². The van der Waals surface area contributed by atoms with E-state index in [-0.39, 0.29) is 24.2 Å². The van der Waals surface area contributed by atoms with Crippen LogP contribution in [-0.2, 0) is 4.74 Å². The van der Waals surface area contributed by atoms with E-state index in [1.807, 2.05) is 37.3 Å². The van der Waals surface area contributed by atoms with E-state index in [0.29, 0.717) is 0 Å². The highest BCUT2D eigenvalue weighted by atomic mass is 16.5. The summed E-state index contributed by atoms with van der Waals surface area (Å²) in [5.41, 5.74) is 0.761. The Hall–Kier alpha value is -2.34. The molecule has 20 heavy (non-hydrogen) atoms. The summed E-state index contributed by atoms with van der Waals surface area (Å²) in [4.78, 5) is 11.2. The summed E-state index contributed by atoms with van der Waals surface area (Å²) in [6.45, 7) is 2.08. The molecule has 2 rings (SSSR count). The SMILES string of the molecule is COC(C)COc1c(C(=O)O)cnn1-c1ccccc1. The van der Waals surface area contributed by atoms with E-state index in [4.69, 9.17) is 9.47 Å². The van der Waals surface area contributed by atoms with Crippen molar-refractivity contribution < 1.29 is 19.4 Å². The molecule has 106 valence electrons. The van der Waals surface area contributed by atoms with Crippen molar-refractivity contribution in [1.82, 2.24) is 9.78 Å². The van der Waals surface area contributed by atoms with Crippen LogP contribution in [0.25, 0.3) is 5.69 Å². The number of aromatic nitrogens is 2. The Morgan fingerprint density at radius 1 is 1.40 bits per heavy atom. The van der Waals surface area contributed by atoms with Crippen molar-refractivity contribution in [2.75, 3.05) is 13.7 Å². The number of hydrogen-bond acceptors (Lipinski definition) is 4. The number of carbonyl (C=O) groups is 1. The van der Waals surface area contributed by atoms with Crippen LogP contribution < -0.4 is 4.74 Å². The Labute approximate surface area is 116 Å². The molecule has 6 nitrogen and oxygen atoms in total. The van der Waals surface area contributed by atoms with E-state index >= 15 is 0 Å². The van der Waals surface area contributed by atoms with E-state index in [2.05, 4.69) is 5.10 Å². The van der Waals surface area contributed by atoms with E-state index in [9.17, 15) is 9.90 Å². The minimum absolute atomic E-state index is 0.0251. The summed E-state index contributed by atoms with van der Waals surface area (Å²) in [5.74, 6) is -0.875. The number of aromatic carboxylic acids is 1. The van der Waals surface area contributed by atoms with E-state index < -0.39 is 5.97 Å². The zero-order valence-corrected chi connectivity index (χ0v) is 11.3. The van der Waals surface area contributed by atoms with Gasteiger partial charge in [-0.15, -0.1) is 0 Å². The van der Waals surface area contributed by atoms with Crippen LogP contribution in [-0.4, -0.2) is 40.7 Å². The first-order valence-electron chi connectivity index (χ1n) is 6.15. The fourth-order valence-electron chi connectivity index (χ4n) is 1.64. The Morgan fingerprint density at radius 3 is 2.70 bits per heavy atom. The summed E-state index contributed by atoms with van der Waals surface area (Å²) in [6, 6.07) is 9.22. The van der Waals surface area contributed by atoms with Gasteiger partial charge in [0.2, 0.25) is 5.88 Å². The van der Waals surface area contributed by atoms with Crippen LogP contribution >= 0.6 is 0 Å². The standard InChI is InChI=1S/C14H16N2O4/c1-10(19-2)9-20-13-12(14(17)18)8-15-16(13)11-6-4-3-5-7-11/h3-8,10H,9H2,1-2H3,(H,17,18). The van der Waals surface area contributed by atoms with Gasteiger partial charge in [-0.25, -0.2) is 9.48 Å². The predicted octanol–water partition coefficient (Wildman–Crippen LogP) is 1.98. The quantitative estimate of drug-likeness (QED) is 0.873. The second-order valence-corrected chi connectivity index (χ2v) is 4.27. The first kappa shape index (κ1) is 14.1. The minimum atomic E-state index is -1.08. The van der Waals surface area contributed by atoms with Crippen LogP contribution in [0.2, 0.25) is 0 Å². The van der Waals surface area contributed by atoms with Gasteiger partial charge in [0.15, 0.2) is 0 Å². The number of para-hydroxylation sites is 1. The molecular weight excluding hydrogens is 260 g/mol. The van der Waals surface area contributed by atoms with Crippen molar-refractivity contribution in [3.8, 4) is 11.6 Å². The fourth-order valence-corrected chi connectivity index (χ4v) is 1.64. The van der Waals surface area contributed by atoms with Gasteiger partial charge in [0, 0.05) is 7.11 Å². The minimum Gasteiger partial charge on any atom is -0.477 e. The number of benzene rings is 1. The highest BCUT2D eigenvalue weighted by Gasteiger charge is 2.20. The van der Waals surface area contributed by atoms with Gasteiger partial charge in [-0.3, -0.25) is 0 Å². The van der Waals surface area contributed by atoms with Crippen molar-refractivity contribution in [3.63, 3.8) is 0 Å². The monoisotopic (exact) mass is 276 g/mol. The van der Waals surface area contributed by atoms with Crippen molar-refractivity contribution in [1.29, 1.82) is 0 Å². The highest BCUT2D eigenvalue weighted by molar-refractivity contribution is 5.90. The second kappa shape index (κ2) is 6.21.